The third-order valence-corrected chi connectivity index (χ3v) is 6.33. The van der Waals surface area contributed by atoms with Gasteiger partial charge in [0.25, 0.3) is 11.8 Å². The minimum atomic E-state index is -0.742. The largest absolute Gasteiger partial charge is 0.323 e. The molecule has 0 bridgehead atoms. The fourth-order valence-corrected chi connectivity index (χ4v) is 4.67. The van der Waals surface area contributed by atoms with E-state index in [0.717, 1.165) is 43.2 Å². The molecule has 1 aliphatic carbocycles. The van der Waals surface area contributed by atoms with Crippen LogP contribution in [0.5, 0.6) is 0 Å². The van der Waals surface area contributed by atoms with E-state index in [1.807, 2.05) is 50.2 Å². The number of rotatable bonds is 4. The van der Waals surface area contributed by atoms with Crippen LogP contribution in [-0.2, 0) is 9.59 Å². The molecule has 30 heavy (non-hydrogen) atoms. The van der Waals surface area contributed by atoms with Crippen molar-refractivity contribution in [3.63, 3.8) is 0 Å². The molecule has 2 aliphatic rings. The van der Waals surface area contributed by atoms with Crippen molar-refractivity contribution >= 4 is 23.4 Å². The van der Waals surface area contributed by atoms with Crippen molar-refractivity contribution in [3.8, 4) is 0 Å². The van der Waals surface area contributed by atoms with Crippen LogP contribution in [0, 0.1) is 13.8 Å². The van der Waals surface area contributed by atoms with Crippen LogP contribution in [0.4, 0.5) is 5.69 Å². The second-order valence-corrected chi connectivity index (χ2v) is 8.44. The van der Waals surface area contributed by atoms with Crippen LogP contribution in [0.2, 0.25) is 0 Å². The molecule has 1 aliphatic heterocycles. The van der Waals surface area contributed by atoms with Gasteiger partial charge >= 0.3 is 0 Å². The lowest BCUT2D eigenvalue weighted by molar-refractivity contribution is -0.123. The summed E-state index contributed by atoms with van der Waals surface area (Å²) in [5.74, 6) is -0.680. The van der Waals surface area contributed by atoms with Gasteiger partial charge in [0, 0.05) is 11.6 Å². The Balaban J connectivity index is 1.69. The number of amides is 3. The van der Waals surface area contributed by atoms with E-state index in [4.69, 9.17) is 0 Å². The van der Waals surface area contributed by atoms with Crippen molar-refractivity contribution in [1.29, 1.82) is 0 Å². The summed E-state index contributed by atoms with van der Waals surface area (Å²) in [6.45, 7) is 3.87. The smallest absolute Gasteiger partial charge is 0.257 e. The highest BCUT2D eigenvalue weighted by molar-refractivity contribution is 6.23. The van der Waals surface area contributed by atoms with Gasteiger partial charge < -0.3 is 4.90 Å². The Morgan fingerprint density at radius 1 is 0.933 bits per heavy atom. The fourth-order valence-electron chi connectivity index (χ4n) is 4.67. The fraction of sp³-hybridized carbons (Fsp3) is 0.400. The van der Waals surface area contributed by atoms with E-state index in [-0.39, 0.29) is 30.2 Å². The lowest BCUT2D eigenvalue weighted by Crippen LogP contribution is -2.51. The summed E-state index contributed by atoms with van der Waals surface area (Å²) < 4.78 is 0. The number of carbonyl (C=O) groups is 3. The van der Waals surface area contributed by atoms with Crippen molar-refractivity contribution < 1.29 is 14.4 Å². The Kier molecular flexibility index (Phi) is 5.71. The number of aryl methyl sites for hydroxylation is 2. The maximum atomic E-state index is 13.6. The van der Waals surface area contributed by atoms with E-state index in [1.165, 1.54) is 4.90 Å². The minimum Gasteiger partial charge on any atom is -0.323 e. The van der Waals surface area contributed by atoms with Crippen molar-refractivity contribution in [2.75, 3.05) is 4.90 Å². The summed E-state index contributed by atoms with van der Waals surface area (Å²) in [7, 11) is 0. The van der Waals surface area contributed by atoms with Gasteiger partial charge in [-0.3, -0.25) is 14.4 Å². The molecule has 2 aromatic carbocycles. The number of anilines is 1. The summed E-state index contributed by atoms with van der Waals surface area (Å²) in [5.41, 5.74) is 3.13. The molecule has 1 heterocycles. The molecule has 156 valence electrons. The standard InChI is InChI=1S/C25H28N2O3/c1-17-12-14-20(15-13-17)27-23(28)16-22(25(27)30)26(19-9-4-3-5-10-19)24(29)21-11-7-6-8-18(21)2/h6-8,11-15,19,22H,3-5,9-10,16H2,1-2H3. The number of imide groups is 1. The molecule has 5 nitrogen and oxygen atoms in total. The highest BCUT2D eigenvalue weighted by Gasteiger charge is 2.46. The summed E-state index contributed by atoms with van der Waals surface area (Å²) in [4.78, 5) is 42.9. The molecule has 0 aromatic heterocycles. The van der Waals surface area contributed by atoms with E-state index in [0.29, 0.717) is 11.3 Å². The zero-order valence-corrected chi connectivity index (χ0v) is 17.6. The summed E-state index contributed by atoms with van der Waals surface area (Å²) in [5, 5.41) is 0. The molecule has 2 aromatic rings. The first-order valence-electron chi connectivity index (χ1n) is 10.8. The second kappa shape index (κ2) is 8.42. The number of benzene rings is 2. The van der Waals surface area contributed by atoms with E-state index in [1.54, 1.807) is 17.0 Å². The van der Waals surface area contributed by atoms with Crippen molar-refractivity contribution in [1.82, 2.24) is 4.90 Å². The van der Waals surface area contributed by atoms with Gasteiger partial charge in [-0.1, -0.05) is 55.2 Å². The van der Waals surface area contributed by atoms with E-state index < -0.39 is 6.04 Å². The lowest BCUT2D eigenvalue weighted by atomic mass is 9.91. The molecular formula is C25H28N2O3. The summed E-state index contributed by atoms with van der Waals surface area (Å²) in [6.07, 6.45) is 5.02. The predicted molar refractivity (Wildman–Crippen MR) is 116 cm³/mol. The van der Waals surface area contributed by atoms with E-state index in [9.17, 15) is 14.4 Å². The van der Waals surface area contributed by atoms with Crippen molar-refractivity contribution in [2.45, 2.75) is 64.5 Å². The van der Waals surface area contributed by atoms with Gasteiger partial charge in [0.2, 0.25) is 5.91 Å². The maximum Gasteiger partial charge on any atom is 0.257 e. The lowest BCUT2D eigenvalue weighted by Gasteiger charge is -2.37. The molecule has 0 N–H and O–H groups in total. The average molecular weight is 405 g/mol. The first kappa shape index (κ1) is 20.3. The Morgan fingerprint density at radius 2 is 1.60 bits per heavy atom. The Bertz CT molecular complexity index is 961. The van der Waals surface area contributed by atoms with Gasteiger partial charge in [0.05, 0.1) is 12.1 Å². The quantitative estimate of drug-likeness (QED) is 0.709. The highest BCUT2D eigenvalue weighted by Crippen LogP contribution is 2.32. The number of hydrogen-bond acceptors (Lipinski definition) is 3. The van der Waals surface area contributed by atoms with Crippen LogP contribution in [0.25, 0.3) is 0 Å². The van der Waals surface area contributed by atoms with Crippen LogP contribution >= 0.6 is 0 Å². The zero-order valence-electron chi connectivity index (χ0n) is 17.6. The maximum absolute atomic E-state index is 13.6. The summed E-state index contributed by atoms with van der Waals surface area (Å²) >= 11 is 0. The topological polar surface area (TPSA) is 57.7 Å². The monoisotopic (exact) mass is 404 g/mol. The normalized spacial score (nSPS) is 19.9. The van der Waals surface area contributed by atoms with Crippen LogP contribution < -0.4 is 4.90 Å². The third kappa shape index (κ3) is 3.76. The highest BCUT2D eigenvalue weighted by atomic mass is 16.2. The second-order valence-electron chi connectivity index (χ2n) is 8.44. The molecule has 3 amide bonds. The molecule has 0 spiro atoms. The Morgan fingerprint density at radius 3 is 2.27 bits per heavy atom. The molecule has 0 radical (unpaired) electrons. The average Bonchev–Trinajstić information content (AvgIpc) is 3.04. The van der Waals surface area contributed by atoms with Gasteiger partial charge in [-0.15, -0.1) is 0 Å². The number of carbonyl (C=O) groups excluding carboxylic acids is 3. The summed E-state index contributed by atoms with van der Waals surface area (Å²) in [6, 6.07) is 14.1. The predicted octanol–water partition coefficient (Wildman–Crippen LogP) is 4.41. The molecule has 4 rings (SSSR count). The van der Waals surface area contributed by atoms with Gasteiger partial charge in [-0.25, -0.2) is 4.90 Å². The van der Waals surface area contributed by atoms with Crippen LogP contribution in [0.3, 0.4) is 0 Å². The minimum absolute atomic E-state index is 0.00873. The zero-order chi connectivity index (χ0) is 21.3. The van der Waals surface area contributed by atoms with Crippen LogP contribution in [0.1, 0.15) is 60.0 Å². The molecule has 1 atom stereocenters. The van der Waals surface area contributed by atoms with Crippen molar-refractivity contribution in [3.05, 3.63) is 65.2 Å². The van der Waals surface area contributed by atoms with Crippen LogP contribution in [0.15, 0.2) is 48.5 Å². The molecular weight excluding hydrogens is 376 g/mol. The van der Waals surface area contributed by atoms with Crippen LogP contribution in [-0.4, -0.2) is 34.7 Å². The molecule has 1 saturated carbocycles. The Labute approximate surface area is 177 Å². The Hall–Kier alpha value is -2.95. The van der Waals surface area contributed by atoms with E-state index in [2.05, 4.69) is 0 Å². The third-order valence-electron chi connectivity index (χ3n) is 6.33. The first-order chi connectivity index (χ1) is 14.5. The van der Waals surface area contributed by atoms with Gasteiger partial charge in [-0.2, -0.15) is 0 Å². The molecule has 1 saturated heterocycles. The van der Waals surface area contributed by atoms with Gasteiger partial charge in [0.1, 0.15) is 6.04 Å². The van der Waals surface area contributed by atoms with Crippen molar-refractivity contribution in [2.24, 2.45) is 0 Å². The van der Waals surface area contributed by atoms with Gasteiger partial charge in [0.15, 0.2) is 0 Å². The number of nitrogens with zero attached hydrogens (tertiary/aromatic N) is 2. The van der Waals surface area contributed by atoms with E-state index >= 15 is 0 Å². The van der Waals surface area contributed by atoms with Gasteiger partial charge in [-0.05, 0) is 50.5 Å². The molecule has 1 unspecified atom stereocenters. The number of hydrogen-bond donors (Lipinski definition) is 0. The SMILES string of the molecule is Cc1ccc(N2C(=O)CC(N(C(=O)c3ccccc3C)C3CCCCC3)C2=O)cc1. The molecule has 2 fully saturated rings. The molecule has 5 heteroatoms. The first-order valence-corrected chi connectivity index (χ1v) is 10.8.